The van der Waals surface area contributed by atoms with Gasteiger partial charge in [-0.05, 0) is 51.9 Å². The highest BCUT2D eigenvalue weighted by atomic mass is 16.3. The molecule has 1 aliphatic rings. The molecule has 0 aromatic carbocycles. The zero-order valence-corrected chi connectivity index (χ0v) is 8.79. The molecule has 0 aromatic heterocycles. The molecule has 0 bridgehead atoms. The molecule has 0 aromatic rings. The van der Waals surface area contributed by atoms with Crippen molar-refractivity contribution in [3.8, 4) is 0 Å². The largest absolute Gasteiger partial charge is 0.396 e. The third-order valence-electron chi connectivity index (χ3n) is 3.13. The SMILES string of the molecule is CNCC(CO)C1CCN(C)CC1. The van der Waals surface area contributed by atoms with Gasteiger partial charge in [-0.15, -0.1) is 0 Å². The summed E-state index contributed by atoms with van der Waals surface area (Å²) in [5.74, 6) is 1.17. The van der Waals surface area contributed by atoms with Gasteiger partial charge in [-0.25, -0.2) is 0 Å². The van der Waals surface area contributed by atoms with E-state index in [0.717, 1.165) is 6.54 Å². The molecular weight excluding hydrogens is 164 g/mol. The molecule has 1 unspecified atom stereocenters. The average Bonchev–Trinajstić information content (AvgIpc) is 2.16. The fraction of sp³-hybridized carbons (Fsp3) is 1.00. The van der Waals surface area contributed by atoms with Crippen molar-refractivity contribution < 1.29 is 5.11 Å². The van der Waals surface area contributed by atoms with Crippen molar-refractivity contribution in [1.29, 1.82) is 0 Å². The number of hydrogen-bond donors (Lipinski definition) is 2. The zero-order valence-electron chi connectivity index (χ0n) is 8.79. The Hall–Kier alpha value is -0.120. The highest BCUT2D eigenvalue weighted by molar-refractivity contribution is 4.77. The van der Waals surface area contributed by atoms with Gasteiger partial charge in [-0.3, -0.25) is 0 Å². The van der Waals surface area contributed by atoms with E-state index >= 15 is 0 Å². The van der Waals surface area contributed by atoms with Gasteiger partial charge in [0.25, 0.3) is 0 Å². The van der Waals surface area contributed by atoms with Crippen LogP contribution < -0.4 is 5.32 Å². The first kappa shape index (κ1) is 11.0. The van der Waals surface area contributed by atoms with Crippen molar-refractivity contribution in [2.45, 2.75) is 12.8 Å². The summed E-state index contributed by atoms with van der Waals surface area (Å²) >= 11 is 0. The van der Waals surface area contributed by atoms with Gasteiger partial charge in [0.05, 0.1) is 0 Å². The summed E-state index contributed by atoms with van der Waals surface area (Å²) in [6, 6.07) is 0. The Bertz CT molecular complexity index is 133. The number of piperidine rings is 1. The second kappa shape index (κ2) is 5.58. The maximum absolute atomic E-state index is 9.22. The summed E-state index contributed by atoms with van der Waals surface area (Å²) in [5, 5.41) is 12.4. The van der Waals surface area contributed by atoms with Gasteiger partial charge in [0.15, 0.2) is 0 Å². The second-order valence-corrected chi connectivity index (χ2v) is 4.14. The van der Waals surface area contributed by atoms with Crippen LogP contribution in [-0.4, -0.2) is 50.3 Å². The first-order chi connectivity index (χ1) is 6.27. The van der Waals surface area contributed by atoms with Crippen LogP contribution in [0.5, 0.6) is 0 Å². The molecule has 3 heteroatoms. The predicted octanol–water partition coefficient (Wildman–Crippen LogP) is 0.156. The zero-order chi connectivity index (χ0) is 9.68. The van der Waals surface area contributed by atoms with E-state index in [2.05, 4.69) is 17.3 Å². The van der Waals surface area contributed by atoms with Crippen LogP contribution in [0.3, 0.4) is 0 Å². The monoisotopic (exact) mass is 186 g/mol. The number of hydrogen-bond acceptors (Lipinski definition) is 3. The first-order valence-electron chi connectivity index (χ1n) is 5.22. The number of aliphatic hydroxyl groups is 1. The fourth-order valence-corrected chi connectivity index (χ4v) is 2.14. The normalized spacial score (nSPS) is 23.3. The van der Waals surface area contributed by atoms with E-state index in [-0.39, 0.29) is 0 Å². The highest BCUT2D eigenvalue weighted by Crippen LogP contribution is 2.23. The van der Waals surface area contributed by atoms with E-state index in [0.29, 0.717) is 18.4 Å². The topological polar surface area (TPSA) is 35.5 Å². The number of nitrogens with zero attached hydrogens (tertiary/aromatic N) is 1. The van der Waals surface area contributed by atoms with Gasteiger partial charge in [0, 0.05) is 13.2 Å². The Balaban J connectivity index is 2.32. The second-order valence-electron chi connectivity index (χ2n) is 4.14. The van der Waals surface area contributed by atoms with Crippen molar-refractivity contribution in [2.75, 3.05) is 40.3 Å². The summed E-state index contributed by atoms with van der Waals surface area (Å²) in [6.07, 6.45) is 2.48. The molecule has 0 amide bonds. The Morgan fingerprint density at radius 3 is 2.54 bits per heavy atom. The maximum atomic E-state index is 9.22. The van der Waals surface area contributed by atoms with Gasteiger partial charge in [0.1, 0.15) is 0 Å². The van der Waals surface area contributed by atoms with Crippen LogP contribution in [0.25, 0.3) is 0 Å². The van der Waals surface area contributed by atoms with Crippen LogP contribution in [0.1, 0.15) is 12.8 Å². The van der Waals surface area contributed by atoms with Gasteiger partial charge in [0.2, 0.25) is 0 Å². The molecule has 78 valence electrons. The van der Waals surface area contributed by atoms with Gasteiger partial charge in [-0.1, -0.05) is 0 Å². The third-order valence-corrected chi connectivity index (χ3v) is 3.13. The quantitative estimate of drug-likeness (QED) is 0.656. The highest BCUT2D eigenvalue weighted by Gasteiger charge is 2.23. The molecule has 0 spiro atoms. The van der Waals surface area contributed by atoms with Crippen LogP contribution in [0.15, 0.2) is 0 Å². The van der Waals surface area contributed by atoms with Crippen molar-refractivity contribution in [3.63, 3.8) is 0 Å². The van der Waals surface area contributed by atoms with Crippen molar-refractivity contribution >= 4 is 0 Å². The molecule has 0 saturated carbocycles. The summed E-state index contributed by atoms with van der Waals surface area (Å²) in [5.41, 5.74) is 0. The molecule has 2 N–H and O–H groups in total. The standard InChI is InChI=1S/C10H22N2O/c1-11-7-10(8-13)9-3-5-12(2)6-4-9/h9-11,13H,3-8H2,1-2H3. The number of aliphatic hydroxyl groups excluding tert-OH is 1. The molecule has 0 aliphatic carbocycles. The minimum Gasteiger partial charge on any atom is -0.396 e. The van der Waals surface area contributed by atoms with Crippen molar-refractivity contribution in [1.82, 2.24) is 10.2 Å². The number of rotatable bonds is 4. The Morgan fingerprint density at radius 1 is 1.46 bits per heavy atom. The Labute approximate surface area is 81.1 Å². The molecule has 0 radical (unpaired) electrons. The first-order valence-corrected chi connectivity index (χ1v) is 5.22. The molecule has 1 rings (SSSR count). The maximum Gasteiger partial charge on any atom is 0.0474 e. The summed E-state index contributed by atoms with van der Waals surface area (Å²) in [4.78, 5) is 2.37. The minimum absolute atomic E-state index is 0.329. The Morgan fingerprint density at radius 2 is 2.08 bits per heavy atom. The molecule has 13 heavy (non-hydrogen) atoms. The predicted molar refractivity (Wildman–Crippen MR) is 54.7 cm³/mol. The molecule has 1 aliphatic heterocycles. The van der Waals surface area contributed by atoms with Crippen molar-refractivity contribution in [3.05, 3.63) is 0 Å². The van der Waals surface area contributed by atoms with Crippen LogP contribution in [0.4, 0.5) is 0 Å². The average molecular weight is 186 g/mol. The van der Waals surface area contributed by atoms with E-state index in [1.54, 1.807) is 0 Å². The summed E-state index contributed by atoms with van der Waals surface area (Å²) < 4.78 is 0. The minimum atomic E-state index is 0.329. The van der Waals surface area contributed by atoms with Crippen LogP contribution in [0.2, 0.25) is 0 Å². The van der Waals surface area contributed by atoms with Crippen LogP contribution in [-0.2, 0) is 0 Å². The molecule has 1 atom stereocenters. The molecule has 3 nitrogen and oxygen atoms in total. The molecule has 1 heterocycles. The lowest BCUT2D eigenvalue weighted by atomic mass is 9.85. The van der Waals surface area contributed by atoms with E-state index in [9.17, 15) is 5.11 Å². The van der Waals surface area contributed by atoms with E-state index in [4.69, 9.17) is 0 Å². The van der Waals surface area contributed by atoms with E-state index in [1.807, 2.05) is 7.05 Å². The van der Waals surface area contributed by atoms with Gasteiger partial charge < -0.3 is 15.3 Å². The lowest BCUT2D eigenvalue weighted by Gasteiger charge is -2.33. The fourth-order valence-electron chi connectivity index (χ4n) is 2.14. The van der Waals surface area contributed by atoms with Crippen LogP contribution in [0, 0.1) is 11.8 Å². The van der Waals surface area contributed by atoms with Crippen molar-refractivity contribution in [2.24, 2.45) is 11.8 Å². The van der Waals surface area contributed by atoms with Gasteiger partial charge >= 0.3 is 0 Å². The third kappa shape index (κ3) is 3.25. The Kier molecular flexibility index (Phi) is 4.70. The molecule has 1 fully saturated rings. The molecular formula is C10H22N2O. The lowest BCUT2D eigenvalue weighted by Crippen LogP contribution is -2.37. The van der Waals surface area contributed by atoms with E-state index < -0.39 is 0 Å². The number of nitrogens with one attached hydrogen (secondary N) is 1. The summed E-state index contributed by atoms with van der Waals surface area (Å²) in [7, 11) is 4.12. The van der Waals surface area contributed by atoms with Crippen LogP contribution >= 0.6 is 0 Å². The lowest BCUT2D eigenvalue weighted by molar-refractivity contribution is 0.118. The number of likely N-dealkylation sites (tertiary alicyclic amines) is 1. The molecule has 1 saturated heterocycles. The smallest absolute Gasteiger partial charge is 0.0474 e. The van der Waals surface area contributed by atoms with E-state index in [1.165, 1.54) is 25.9 Å². The summed E-state index contributed by atoms with van der Waals surface area (Å²) in [6.45, 7) is 3.65. The van der Waals surface area contributed by atoms with Gasteiger partial charge in [-0.2, -0.15) is 0 Å².